The molecule has 0 bridgehead atoms. The first kappa shape index (κ1) is 14.4. The van der Waals surface area contributed by atoms with Crippen molar-refractivity contribution >= 4 is 5.91 Å². The van der Waals surface area contributed by atoms with Gasteiger partial charge in [0, 0.05) is 13.1 Å². The topological polar surface area (TPSA) is 46.3 Å². The van der Waals surface area contributed by atoms with Crippen LogP contribution in [0.5, 0.6) is 0 Å². The van der Waals surface area contributed by atoms with Crippen LogP contribution in [0.1, 0.15) is 47.5 Å². The lowest BCUT2D eigenvalue weighted by Gasteiger charge is -2.31. The average Bonchev–Trinajstić information content (AvgIpc) is 2.16. The molecule has 2 N–H and O–H groups in total. The summed E-state index contributed by atoms with van der Waals surface area (Å²) in [5, 5.41) is 0. The Morgan fingerprint density at radius 3 is 2.20 bits per heavy atom. The van der Waals surface area contributed by atoms with Gasteiger partial charge in [-0.3, -0.25) is 4.79 Å². The summed E-state index contributed by atoms with van der Waals surface area (Å²) in [5.41, 5.74) is 5.80. The summed E-state index contributed by atoms with van der Waals surface area (Å²) in [6, 6.07) is -0.394. The van der Waals surface area contributed by atoms with Crippen LogP contribution in [-0.4, -0.2) is 29.9 Å². The Kier molecular flexibility index (Phi) is 5.88. The first-order valence-electron chi connectivity index (χ1n) is 5.89. The second kappa shape index (κ2) is 6.11. The van der Waals surface area contributed by atoms with Gasteiger partial charge in [0.1, 0.15) is 0 Å². The van der Waals surface area contributed by atoms with Crippen molar-refractivity contribution in [2.45, 2.75) is 53.5 Å². The zero-order valence-corrected chi connectivity index (χ0v) is 10.8. The van der Waals surface area contributed by atoms with Crippen LogP contribution in [0.3, 0.4) is 0 Å². The zero-order valence-electron chi connectivity index (χ0n) is 10.8. The SMILES string of the molecule is CCCCN(CC)C(=O)[C@@H](N)C(C)(C)C. The van der Waals surface area contributed by atoms with Crippen LogP contribution in [0.4, 0.5) is 0 Å². The van der Waals surface area contributed by atoms with E-state index < -0.39 is 6.04 Å². The van der Waals surface area contributed by atoms with Crippen LogP contribution >= 0.6 is 0 Å². The van der Waals surface area contributed by atoms with E-state index in [1.807, 2.05) is 32.6 Å². The summed E-state index contributed by atoms with van der Waals surface area (Å²) in [7, 11) is 0. The van der Waals surface area contributed by atoms with E-state index in [1.54, 1.807) is 0 Å². The number of unbranched alkanes of at least 4 members (excludes halogenated alkanes) is 1. The van der Waals surface area contributed by atoms with Crippen LogP contribution in [0.15, 0.2) is 0 Å². The van der Waals surface area contributed by atoms with Crippen LogP contribution in [-0.2, 0) is 4.79 Å². The maximum absolute atomic E-state index is 12.0. The molecule has 1 atom stereocenters. The first-order valence-corrected chi connectivity index (χ1v) is 5.89. The number of nitrogens with two attached hydrogens (primary N) is 1. The third-order valence-electron chi connectivity index (χ3n) is 2.67. The Hall–Kier alpha value is -0.570. The highest BCUT2D eigenvalue weighted by Gasteiger charge is 2.30. The number of amides is 1. The van der Waals surface area contributed by atoms with Gasteiger partial charge in [-0.1, -0.05) is 34.1 Å². The van der Waals surface area contributed by atoms with E-state index in [0.29, 0.717) is 0 Å². The molecule has 0 aliphatic heterocycles. The molecular weight excluding hydrogens is 188 g/mol. The number of likely N-dealkylation sites (N-methyl/N-ethyl adjacent to an activating group) is 1. The van der Waals surface area contributed by atoms with E-state index in [9.17, 15) is 4.79 Å². The van der Waals surface area contributed by atoms with Crippen molar-refractivity contribution < 1.29 is 4.79 Å². The van der Waals surface area contributed by atoms with Crippen molar-refractivity contribution in [2.24, 2.45) is 11.1 Å². The largest absolute Gasteiger partial charge is 0.342 e. The van der Waals surface area contributed by atoms with E-state index in [0.717, 1.165) is 25.9 Å². The van der Waals surface area contributed by atoms with Gasteiger partial charge in [0.2, 0.25) is 5.91 Å². The molecule has 90 valence electrons. The van der Waals surface area contributed by atoms with E-state index in [2.05, 4.69) is 6.92 Å². The van der Waals surface area contributed by atoms with Gasteiger partial charge < -0.3 is 10.6 Å². The number of carbonyl (C=O) groups excluding carboxylic acids is 1. The summed E-state index contributed by atoms with van der Waals surface area (Å²) >= 11 is 0. The van der Waals surface area contributed by atoms with E-state index in [-0.39, 0.29) is 11.3 Å². The minimum absolute atomic E-state index is 0.0819. The van der Waals surface area contributed by atoms with Crippen molar-refractivity contribution in [1.29, 1.82) is 0 Å². The second-order valence-corrected chi connectivity index (χ2v) is 5.12. The number of hydrogen-bond acceptors (Lipinski definition) is 2. The number of rotatable bonds is 5. The van der Waals surface area contributed by atoms with Gasteiger partial charge in [-0.05, 0) is 18.8 Å². The third kappa shape index (κ3) is 4.65. The van der Waals surface area contributed by atoms with Crippen molar-refractivity contribution in [3.63, 3.8) is 0 Å². The fourth-order valence-corrected chi connectivity index (χ4v) is 1.34. The molecule has 0 unspecified atom stereocenters. The lowest BCUT2D eigenvalue weighted by Crippen LogP contribution is -2.50. The smallest absolute Gasteiger partial charge is 0.240 e. The van der Waals surface area contributed by atoms with Gasteiger partial charge in [0.05, 0.1) is 6.04 Å². The van der Waals surface area contributed by atoms with E-state index in [1.165, 1.54) is 0 Å². The van der Waals surface area contributed by atoms with Crippen molar-refractivity contribution in [3.05, 3.63) is 0 Å². The Morgan fingerprint density at radius 2 is 1.87 bits per heavy atom. The summed E-state index contributed by atoms with van der Waals surface area (Å²) in [4.78, 5) is 13.9. The van der Waals surface area contributed by atoms with Crippen molar-refractivity contribution in [3.8, 4) is 0 Å². The van der Waals surface area contributed by atoms with Gasteiger partial charge in [-0.25, -0.2) is 0 Å². The van der Waals surface area contributed by atoms with Crippen LogP contribution in [0.2, 0.25) is 0 Å². The van der Waals surface area contributed by atoms with Crippen LogP contribution < -0.4 is 5.73 Å². The monoisotopic (exact) mass is 214 g/mol. The molecule has 0 saturated carbocycles. The standard InChI is InChI=1S/C12H26N2O/c1-6-8-9-14(7-2)11(15)10(13)12(3,4)5/h10H,6-9,13H2,1-5H3/t10-/m1/s1. The Morgan fingerprint density at radius 1 is 1.33 bits per heavy atom. The summed E-state index contributed by atoms with van der Waals surface area (Å²) in [6.45, 7) is 11.7. The summed E-state index contributed by atoms with van der Waals surface area (Å²) < 4.78 is 0. The molecule has 1 amide bonds. The Labute approximate surface area is 94.0 Å². The fourth-order valence-electron chi connectivity index (χ4n) is 1.34. The number of nitrogens with zero attached hydrogens (tertiary/aromatic N) is 1. The fraction of sp³-hybridized carbons (Fsp3) is 0.917. The van der Waals surface area contributed by atoms with Crippen molar-refractivity contribution in [1.82, 2.24) is 4.90 Å². The van der Waals surface area contributed by atoms with Crippen LogP contribution in [0.25, 0.3) is 0 Å². The van der Waals surface area contributed by atoms with Crippen molar-refractivity contribution in [2.75, 3.05) is 13.1 Å². The molecular formula is C12H26N2O. The molecule has 3 heteroatoms. The first-order chi connectivity index (χ1) is 6.84. The lowest BCUT2D eigenvalue weighted by atomic mass is 9.86. The van der Waals surface area contributed by atoms with Gasteiger partial charge in [0.15, 0.2) is 0 Å². The van der Waals surface area contributed by atoms with Gasteiger partial charge >= 0.3 is 0 Å². The Balaban J connectivity index is 4.38. The second-order valence-electron chi connectivity index (χ2n) is 5.12. The lowest BCUT2D eigenvalue weighted by molar-refractivity contribution is -0.134. The molecule has 0 aliphatic carbocycles. The predicted molar refractivity (Wildman–Crippen MR) is 64.6 cm³/mol. The highest BCUT2D eigenvalue weighted by molar-refractivity contribution is 5.82. The molecule has 0 spiro atoms. The molecule has 0 aromatic heterocycles. The number of carbonyl (C=O) groups is 1. The van der Waals surface area contributed by atoms with Gasteiger partial charge in [0.25, 0.3) is 0 Å². The molecule has 0 aromatic rings. The minimum atomic E-state index is -0.394. The zero-order chi connectivity index (χ0) is 12.1. The highest BCUT2D eigenvalue weighted by atomic mass is 16.2. The molecule has 0 rings (SSSR count). The molecule has 0 saturated heterocycles. The summed E-state index contributed by atoms with van der Waals surface area (Å²) in [6.07, 6.45) is 2.16. The van der Waals surface area contributed by atoms with Crippen LogP contribution in [0, 0.1) is 5.41 Å². The van der Waals surface area contributed by atoms with Gasteiger partial charge in [-0.15, -0.1) is 0 Å². The molecule has 3 nitrogen and oxygen atoms in total. The highest BCUT2D eigenvalue weighted by Crippen LogP contribution is 2.19. The minimum Gasteiger partial charge on any atom is -0.342 e. The van der Waals surface area contributed by atoms with E-state index in [4.69, 9.17) is 5.73 Å². The quantitative estimate of drug-likeness (QED) is 0.761. The maximum atomic E-state index is 12.0. The molecule has 0 aromatic carbocycles. The molecule has 0 aliphatic rings. The predicted octanol–water partition coefficient (Wildman–Crippen LogP) is 2.01. The third-order valence-corrected chi connectivity index (χ3v) is 2.67. The Bertz CT molecular complexity index is 196. The molecule has 15 heavy (non-hydrogen) atoms. The molecule has 0 radical (unpaired) electrons. The summed E-state index contributed by atoms with van der Waals surface area (Å²) in [5.74, 6) is 0.0819. The maximum Gasteiger partial charge on any atom is 0.240 e. The number of hydrogen-bond donors (Lipinski definition) is 1. The molecule has 0 fully saturated rings. The van der Waals surface area contributed by atoms with E-state index >= 15 is 0 Å². The average molecular weight is 214 g/mol. The van der Waals surface area contributed by atoms with Gasteiger partial charge in [-0.2, -0.15) is 0 Å². The normalized spacial score (nSPS) is 13.7. The molecule has 0 heterocycles.